The first kappa shape index (κ1) is 14.6. The molecule has 0 aliphatic rings. The molecule has 0 aromatic carbocycles. The van der Waals surface area contributed by atoms with E-state index < -0.39 is 26.6 Å². The third kappa shape index (κ3) is 9.86. The van der Waals surface area contributed by atoms with Crippen LogP contribution in [0, 0.1) is 0 Å². The summed E-state index contributed by atoms with van der Waals surface area (Å²) in [6, 6.07) is 0. The Morgan fingerprint density at radius 2 is 1.93 bits per heavy atom. The Labute approximate surface area is 92.6 Å². The van der Waals surface area contributed by atoms with Crippen LogP contribution < -0.4 is 0 Å². The molecule has 0 aromatic heterocycles. The molecule has 5 nitrogen and oxygen atoms in total. The third-order valence-corrected chi connectivity index (χ3v) is 4.04. The fourth-order valence-corrected chi connectivity index (χ4v) is 3.33. The van der Waals surface area contributed by atoms with Gasteiger partial charge in [0, 0.05) is 28.6 Å². The summed E-state index contributed by atoms with van der Waals surface area (Å²) in [6.07, 6.45) is 1.17. The highest BCUT2D eigenvalue weighted by Gasteiger charge is 2.09. The quantitative estimate of drug-likeness (QED) is 0.586. The Bertz CT molecular complexity index is 320. The second-order valence-electron chi connectivity index (χ2n) is 3.03. The SMILES string of the molecule is CCOC(=O)CCS(=O)CCS(C)(=O)=O. The smallest absolute Gasteiger partial charge is 0.306 e. The van der Waals surface area contributed by atoms with E-state index in [9.17, 15) is 17.4 Å². The molecule has 0 saturated carbocycles. The Hall–Kier alpha value is -0.430. The molecule has 90 valence electrons. The van der Waals surface area contributed by atoms with E-state index in [0.717, 1.165) is 6.26 Å². The second kappa shape index (κ2) is 6.95. The molecule has 0 radical (unpaired) electrons. The van der Waals surface area contributed by atoms with E-state index in [-0.39, 0.29) is 23.7 Å². The van der Waals surface area contributed by atoms with Gasteiger partial charge < -0.3 is 4.74 Å². The van der Waals surface area contributed by atoms with Gasteiger partial charge in [-0.15, -0.1) is 0 Å². The highest BCUT2D eigenvalue weighted by Crippen LogP contribution is 1.94. The summed E-state index contributed by atoms with van der Waals surface area (Å²) < 4.78 is 37.4. The van der Waals surface area contributed by atoms with Crippen LogP contribution in [0.1, 0.15) is 13.3 Å². The van der Waals surface area contributed by atoms with Crippen LogP contribution >= 0.6 is 0 Å². The predicted octanol–water partition coefficient (Wildman–Crippen LogP) is -0.267. The van der Waals surface area contributed by atoms with Crippen LogP contribution in [0.4, 0.5) is 0 Å². The van der Waals surface area contributed by atoms with Crippen molar-refractivity contribution in [3.05, 3.63) is 0 Å². The minimum Gasteiger partial charge on any atom is -0.466 e. The molecule has 0 fully saturated rings. The van der Waals surface area contributed by atoms with Crippen LogP contribution in [-0.2, 0) is 30.2 Å². The molecule has 0 aromatic rings. The van der Waals surface area contributed by atoms with E-state index in [4.69, 9.17) is 0 Å². The van der Waals surface area contributed by atoms with E-state index in [0.29, 0.717) is 6.61 Å². The van der Waals surface area contributed by atoms with E-state index in [1.165, 1.54) is 0 Å². The van der Waals surface area contributed by atoms with E-state index >= 15 is 0 Å². The van der Waals surface area contributed by atoms with Gasteiger partial charge in [0.25, 0.3) is 0 Å². The van der Waals surface area contributed by atoms with Gasteiger partial charge in [0.1, 0.15) is 9.84 Å². The topological polar surface area (TPSA) is 77.5 Å². The summed E-state index contributed by atoms with van der Waals surface area (Å²) >= 11 is 0. The van der Waals surface area contributed by atoms with Crippen LogP contribution in [0.2, 0.25) is 0 Å². The molecule has 1 atom stereocenters. The lowest BCUT2D eigenvalue weighted by Gasteiger charge is -2.01. The summed E-state index contributed by atoms with van der Waals surface area (Å²) in [5.74, 6) is -0.264. The van der Waals surface area contributed by atoms with Crippen molar-refractivity contribution in [1.82, 2.24) is 0 Å². The van der Waals surface area contributed by atoms with Crippen molar-refractivity contribution in [3.8, 4) is 0 Å². The number of esters is 1. The van der Waals surface area contributed by atoms with Gasteiger partial charge >= 0.3 is 5.97 Å². The predicted molar refractivity (Wildman–Crippen MR) is 58.8 cm³/mol. The van der Waals surface area contributed by atoms with Gasteiger partial charge in [-0.3, -0.25) is 9.00 Å². The standard InChI is InChI=1S/C8H16O5S2/c1-3-13-8(9)4-5-14(10)6-7-15(2,11)12/h3-7H2,1-2H3. The number of carbonyl (C=O) groups is 1. The van der Waals surface area contributed by atoms with Gasteiger partial charge in [-0.05, 0) is 6.92 Å². The monoisotopic (exact) mass is 256 g/mol. The summed E-state index contributed by atoms with van der Waals surface area (Å²) in [7, 11) is -4.35. The number of hydrogen-bond acceptors (Lipinski definition) is 5. The first-order valence-corrected chi connectivity index (χ1v) is 8.08. The Kier molecular flexibility index (Phi) is 6.75. The first-order chi connectivity index (χ1) is 6.85. The molecule has 0 amide bonds. The van der Waals surface area contributed by atoms with Crippen LogP contribution in [0.25, 0.3) is 0 Å². The number of rotatable bonds is 7. The molecule has 0 spiro atoms. The maximum atomic E-state index is 11.2. The fourth-order valence-electron chi connectivity index (χ4n) is 0.777. The zero-order chi connectivity index (χ0) is 11.9. The summed E-state index contributed by atoms with van der Waals surface area (Å²) in [5, 5.41) is 0. The van der Waals surface area contributed by atoms with E-state index in [1.54, 1.807) is 6.92 Å². The molecule has 7 heteroatoms. The fraction of sp³-hybridized carbons (Fsp3) is 0.875. The maximum absolute atomic E-state index is 11.2. The summed E-state index contributed by atoms with van der Waals surface area (Å²) in [4.78, 5) is 10.9. The van der Waals surface area contributed by atoms with Gasteiger partial charge in [0.2, 0.25) is 0 Å². The van der Waals surface area contributed by atoms with Crippen LogP contribution in [0.3, 0.4) is 0 Å². The maximum Gasteiger partial charge on any atom is 0.306 e. The van der Waals surface area contributed by atoms with E-state index in [1.807, 2.05) is 0 Å². The zero-order valence-electron chi connectivity index (χ0n) is 8.89. The van der Waals surface area contributed by atoms with Gasteiger partial charge in [0.15, 0.2) is 0 Å². The highest BCUT2D eigenvalue weighted by atomic mass is 32.2. The van der Waals surface area contributed by atoms with Crippen molar-refractivity contribution in [2.75, 3.05) is 30.1 Å². The minimum absolute atomic E-state index is 0.0736. The highest BCUT2D eigenvalue weighted by molar-refractivity contribution is 7.92. The number of carbonyl (C=O) groups excluding carboxylic acids is 1. The number of hydrogen-bond donors (Lipinski definition) is 0. The van der Waals surface area contributed by atoms with Gasteiger partial charge in [-0.25, -0.2) is 8.42 Å². The van der Waals surface area contributed by atoms with Crippen molar-refractivity contribution in [3.63, 3.8) is 0 Å². The Morgan fingerprint density at radius 1 is 1.33 bits per heavy atom. The molecule has 0 rings (SSSR count). The van der Waals surface area contributed by atoms with Crippen molar-refractivity contribution >= 4 is 26.6 Å². The van der Waals surface area contributed by atoms with Crippen LogP contribution in [-0.4, -0.2) is 48.7 Å². The Morgan fingerprint density at radius 3 is 2.40 bits per heavy atom. The second-order valence-corrected chi connectivity index (χ2v) is 6.99. The normalized spacial score (nSPS) is 13.5. The molecular weight excluding hydrogens is 240 g/mol. The molecular formula is C8H16O5S2. The largest absolute Gasteiger partial charge is 0.466 e. The van der Waals surface area contributed by atoms with Crippen molar-refractivity contribution in [2.24, 2.45) is 0 Å². The molecule has 0 heterocycles. The van der Waals surface area contributed by atoms with E-state index in [2.05, 4.69) is 4.74 Å². The van der Waals surface area contributed by atoms with Crippen molar-refractivity contribution in [1.29, 1.82) is 0 Å². The molecule has 0 aliphatic heterocycles. The molecule has 15 heavy (non-hydrogen) atoms. The third-order valence-electron chi connectivity index (χ3n) is 1.52. The van der Waals surface area contributed by atoms with Crippen molar-refractivity contribution < 1.29 is 22.2 Å². The first-order valence-electron chi connectivity index (χ1n) is 4.53. The zero-order valence-corrected chi connectivity index (χ0v) is 10.5. The molecule has 0 saturated heterocycles. The molecule has 0 N–H and O–H groups in total. The van der Waals surface area contributed by atoms with Crippen LogP contribution in [0.5, 0.6) is 0 Å². The molecule has 0 aliphatic carbocycles. The molecule has 1 unspecified atom stereocenters. The summed E-state index contributed by atoms with van der Waals surface area (Å²) in [6.45, 7) is 1.99. The average Bonchev–Trinajstić information content (AvgIpc) is 2.11. The lowest BCUT2D eigenvalue weighted by atomic mass is 10.5. The molecule has 0 bridgehead atoms. The van der Waals surface area contributed by atoms with Gasteiger partial charge in [-0.2, -0.15) is 0 Å². The Balaban J connectivity index is 3.72. The summed E-state index contributed by atoms with van der Waals surface area (Å²) in [5.41, 5.74) is 0. The lowest BCUT2D eigenvalue weighted by Crippen LogP contribution is -2.16. The lowest BCUT2D eigenvalue weighted by molar-refractivity contribution is -0.142. The van der Waals surface area contributed by atoms with Gasteiger partial charge in [0.05, 0.1) is 18.8 Å². The van der Waals surface area contributed by atoms with Gasteiger partial charge in [-0.1, -0.05) is 0 Å². The number of sulfone groups is 1. The average molecular weight is 256 g/mol. The van der Waals surface area contributed by atoms with Crippen molar-refractivity contribution in [2.45, 2.75) is 13.3 Å². The number of ether oxygens (including phenoxy) is 1. The van der Waals surface area contributed by atoms with Crippen LogP contribution in [0.15, 0.2) is 0 Å². The minimum atomic E-state index is -3.08.